The Labute approximate surface area is 190 Å². The van der Waals surface area contributed by atoms with Gasteiger partial charge in [0.2, 0.25) is 5.75 Å². The van der Waals surface area contributed by atoms with Gasteiger partial charge in [-0.25, -0.2) is 0 Å². The minimum absolute atomic E-state index is 0.0160. The summed E-state index contributed by atoms with van der Waals surface area (Å²) in [6.07, 6.45) is 5.37. The molecule has 0 aliphatic heterocycles. The van der Waals surface area contributed by atoms with Crippen LogP contribution in [0.4, 0.5) is 0 Å². The van der Waals surface area contributed by atoms with Crippen molar-refractivity contribution in [1.82, 2.24) is 5.32 Å². The molecule has 0 aromatic heterocycles. The van der Waals surface area contributed by atoms with Crippen molar-refractivity contribution < 1.29 is 28.5 Å². The van der Waals surface area contributed by atoms with E-state index in [9.17, 15) is 4.79 Å². The van der Waals surface area contributed by atoms with E-state index in [2.05, 4.69) is 17.4 Å². The van der Waals surface area contributed by atoms with Gasteiger partial charge in [0.05, 0.1) is 35.5 Å². The third kappa shape index (κ3) is 4.71. The van der Waals surface area contributed by atoms with Crippen LogP contribution < -0.4 is 29.0 Å². The van der Waals surface area contributed by atoms with E-state index in [4.69, 9.17) is 23.7 Å². The lowest BCUT2D eigenvalue weighted by Crippen LogP contribution is -2.31. The summed E-state index contributed by atoms with van der Waals surface area (Å²) in [6.45, 7) is 0.559. The van der Waals surface area contributed by atoms with Crippen molar-refractivity contribution in [2.75, 3.05) is 42.1 Å². The van der Waals surface area contributed by atoms with Gasteiger partial charge in [-0.3, -0.25) is 4.79 Å². The summed E-state index contributed by atoms with van der Waals surface area (Å²) in [4.78, 5) is 12.9. The van der Waals surface area contributed by atoms with Crippen LogP contribution >= 0.6 is 0 Å². The lowest BCUT2D eigenvalue weighted by molar-refractivity contribution is 0.0949. The molecule has 0 bridgehead atoms. The summed E-state index contributed by atoms with van der Waals surface area (Å²) >= 11 is 0. The first-order valence-electron chi connectivity index (χ1n) is 10.8. The third-order valence-electron chi connectivity index (χ3n) is 6.37. The Bertz CT molecular complexity index is 911. The molecule has 2 aromatic rings. The van der Waals surface area contributed by atoms with E-state index in [0.717, 1.165) is 30.8 Å². The Morgan fingerprint density at radius 1 is 0.812 bits per heavy atom. The number of amides is 1. The van der Waals surface area contributed by atoms with Crippen molar-refractivity contribution in [2.45, 2.75) is 37.5 Å². The highest BCUT2D eigenvalue weighted by molar-refractivity contribution is 5.95. The molecule has 0 radical (unpaired) electrons. The number of methoxy groups -OCH3 is 5. The second-order valence-corrected chi connectivity index (χ2v) is 7.98. The topological polar surface area (TPSA) is 75.3 Å². The SMILES string of the molecule is COc1ccc(C2(CCNC(=O)c3cc(OC)c(OC)c(OC)c3)CCCC2)cc1OC. The van der Waals surface area contributed by atoms with E-state index in [1.165, 1.54) is 39.7 Å². The lowest BCUT2D eigenvalue weighted by atomic mass is 9.76. The van der Waals surface area contributed by atoms with Crippen molar-refractivity contribution in [3.8, 4) is 28.7 Å². The van der Waals surface area contributed by atoms with Gasteiger partial charge in [0.1, 0.15) is 0 Å². The first-order chi connectivity index (χ1) is 15.5. The summed E-state index contributed by atoms with van der Waals surface area (Å²) in [6, 6.07) is 9.48. The van der Waals surface area contributed by atoms with E-state index in [-0.39, 0.29) is 11.3 Å². The molecule has 3 rings (SSSR count). The van der Waals surface area contributed by atoms with Gasteiger partial charge in [-0.1, -0.05) is 18.9 Å². The zero-order chi connectivity index (χ0) is 23.1. The van der Waals surface area contributed by atoms with Crippen molar-refractivity contribution in [3.63, 3.8) is 0 Å². The zero-order valence-electron chi connectivity index (χ0n) is 19.6. The number of hydrogen-bond acceptors (Lipinski definition) is 6. The molecule has 7 heteroatoms. The maximum atomic E-state index is 12.9. The Balaban J connectivity index is 1.75. The summed E-state index contributed by atoms with van der Waals surface area (Å²) in [5.74, 6) is 2.65. The molecule has 2 aromatic carbocycles. The van der Waals surface area contributed by atoms with Gasteiger partial charge >= 0.3 is 0 Å². The number of ether oxygens (including phenoxy) is 5. The fourth-order valence-electron chi connectivity index (χ4n) is 4.63. The molecule has 1 aliphatic rings. The lowest BCUT2D eigenvalue weighted by Gasteiger charge is -2.30. The number of carbonyl (C=O) groups excluding carboxylic acids is 1. The van der Waals surface area contributed by atoms with Gasteiger partial charge in [0.15, 0.2) is 23.0 Å². The molecule has 0 spiro atoms. The monoisotopic (exact) mass is 443 g/mol. The average molecular weight is 444 g/mol. The van der Waals surface area contributed by atoms with Crippen LogP contribution in [0.25, 0.3) is 0 Å². The highest BCUT2D eigenvalue weighted by atomic mass is 16.5. The third-order valence-corrected chi connectivity index (χ3v) is 6.37. The standard InChI is InChI=1S/C25H33NO6/c1-28-19-9-8-18(16-20(19)29-2)25(10-6-7-11-25)12-13-26-24(27)17-14-21(30-3)23(32-5)22(15-17)31-4/h8-9,14-16H,6-7,10-13H2,1-5H3,(H,26,27). The largest absolute Gasteiger partial charge is 0.493 e. The second-order valence-electron chi connectivity index (χ2n) is 7.98. The smallest absolute Gasteiger partial charge is 0.251 e. The van der Waals surface area contributed by atoms with Gasteiger partial charge in [-0.15, -0.1) is 0 Å². The number of carbonyl (C=O) groups is 1. The van der Waals surface area contributed by atoms with Gasteiger partial charge in [-0.2, -0.15) is 0 Å². The predicted molar refractivity (Wildman–Crippen MR) is 123 cm³/mol. The molecular formula is C25H33NO6. The van der Waals surface area contributed by atoms with Gasteiger partial charge in [-0.05, 0) is 54.5 Å². The number of hydrogen-bond donors (Lipinski definition) is 1. The molecule has 1 N–H and O–H groups in total. The molecule has 1 saturated carbocycles. The van der Waals surface area contributed by atoms with Crippen LogP contribution in [0.2, 0.25) is 0 Å². The van der Waals surface area contributed by atoms with Gasteiger partial charge in [0.25, 0.3) is 5.91 Å². The summed E-state index contributed by atoms with van der Waals surface area (Å²) < 4.78 is 27.0. The molecule has 32 heavy (non-hydrogen) atoms. The van der Waals surface area contributed by atoms with Crippen molar-refractivity contribution in [3.05, 3.63) is 41.5 Å². The Morgan fingerprint density at radius 3 is 1.94 bits per heavy atom. The van der Waals surface area contributed by atoms with E-state index < -0.39 is 0 Å². The van der Waals surface area contributed by atoms with Crippen LogP contribution in [-0.2, 0) is 5.41 Å². The Hall–Kier alpha value is -3.09. The molecule has 7 nitrogen and oxygen atoms in total. The second kappa shape index (κ2) is 10.5. The number of nitrogens with one attached hydrogen (secondary N) is 1. The molecule has 0 atom stereocenters. The molecule has 0 heterocycles. The van der Waals surface area contributed by atoms with Crippen molar-refractivity contribution in [1.29, 1.82) is 0 Å². The minimum Gasteiger partial charge on any atom is -0.493 e. The maximum Gasteiger partial charge on any atom is 0.251 e. The quantitative estimate of drug-likeness (QED) is 0.588. The van der Waals surface area contributed by atoms with Crippen LogP contribution in [0.15, 0.2) is 30.3 Å². The Kier molecular flexibility index (Phi) is 7.72. The predicted octanol–water partition coefficient (Wildman–Crippen LogP) is 4.36. The van der Waals surface area contributed by atoms with E-state index in [1.807, 2.05) is 6.07 Å². The van der Waals surface area contributed by atoms with Crippen LogP contribution in [0.1, 0.15) is 48.0 Å². The minimum atomic E-state index is -0.176. The van der Waals surface area contributed by atoms with Crippen molar-refractivity contribution >= 4 is 5.91 Å². The highest BCUT2D eigenvalue weighted by Crippen LogP contribution is 2.46. The maximum absolute atomic E-state index is 12.9. The first-order valence-corrected chi connectivity index (χ1v) is 10.8. The summed E-state index contributed by atoms with van der Waals surface area (Å²) in [7, 11) is 7.90. The number of benzene rings is 2. The van der Waals surface area contributed by atoms with Crippen LogP contribution in [-0.4, -0.2) is 48.0 Å². The van der Waals surface area contributed by atoms with E-state index in [1.54, 1.807) is 26.4 Å². The fraction of sp³-hybridized carbons (Fsp3) is 0.480. The van der Waals surface area contributed by atoms with E-state index in [0.29, 0.717) is 29.4 Å². The molecular weight excluding hydrogens is 410 g/mol. The summed E-state index contributed by atoms with van der Waals surface area (Å²) in [5, 5.41) is 3.06. The molecule has 0 unspecified atom stereocenters. The zero-order valence-corrected chi connectivity index (χ0v) is 19.6. The summed E-state index contributed by atoms with van der Waals surface area (Å²) in [5.41, 5.74) is 1.71. The molecule has 0 saturated heterocycles. The van der Waals surface area contributed by atoms with Gasteiger partial charge < -0.3 is 29.0 Å². The molecule has 1 aliphatic carbocycles. The number of rotatable bonds is 10. The average Bonchev–Trinajstić information content (AvgIpc) is 3.32. The van der Waals surface area contributed by atoms with Gasteiger partial charge in [0, 0.05) is 12.1 Å². The van der Waals surface area contributed by atoms with Crippen LogP contribution in [0.5, 0.6) is 28.7 Å². The fourth-order valence-corrected chi connectivity index (χ4v) is 4.63. The van der Waals surface area contributed by atoms with E-state index >= 15 is 0 Å². The highest BCUT2D eigenvalue weighted by Gasteiger charge is 2.36. The Morgan fingerprint density at radius 2 is 1.41 bits per heavy atom. The first kappa shape index (κ1) is 23.6. The molecule has 1 fully saturated rings. The van der Waals surface area contributed by atoms with Crippen molar-refractivity contribution in [2.24, 2.45) is 0 Å². The molecule has 1 amide bonds. The molecule has 174 valence electrons. The van der Waals surface area contributed by atoms with Crippen LogP contribution in [0, 0.1) is 0 Å². The van der Waals surface area contributed by atoms with Crippen LogP contribution in [0.3, 0.4) is 0 Å². The normalized spacial score (nSPS) is 14.5.